The van der Waals surface area contributed by atoms with Crippen LogP contribution in [-0.4, -0.2) is 18.8 Å². The molecule has 0 spiro atoms. The Kier molecular flexibility index (Phi) is 9.52. The van der Waals surface area contributed by atoms with Crippen LogP contribution in [0, 0.1) is 0 Å². The zero-order chi connectivity index (χ0) is 55.3. The van der Waals surface area contributed by atoms with Crippen LogP contribution in [0.25, 0.3) is 131 Å². The van der Waals surface area contributed by atoms with Crippen molar-refractivity contribution in [1.29, 1.82) is 0 Å². The lowest BCUT2D eigenvalue weighted by molar-refractivity contribution is 0.475. The summed E-state index contributed by atoms with van der Waals surface area (Å²) < 4.78 is 44.3. The van der Waals surface area contributed by atoms with E-state index in [1.54, 1.807) is 14.9 Å². The van der Waals surface area contributed by atoms with E-state index in [-0.39, 0.29) is 11.1 Å². The lowest BCUT2D eigenvalue weighted by Gasteiger charge is -2.19. The fourth-order valence-corrected chi connectivity index (χ4v) is 12.6. The number of hydrogen-bond donors (Lipinski definition) is 0. The number of imidazole rings is 2. The Hall–Kier alpha value is -11.8. The first-order valence-corrected chi connectivity index (χ1v) is 27.4. The van der Waals surface area contributed by atoms with E-state index in [1.807, 2.05) is 224 Å². The maximum absolute atomic E-state index is 14.8. The molecule has 12 heteroatoms. The molecule has 0 bridgehead atoms. The van der Waals surface area contributed by atoms with Crippen molar-refractivity contribution in [1.82, 2.24) is 18.8 Å². The van der Waals surface area contributed by atoms with E-state index in [1.165, 1.54) is 0 Å². The highest BCUT2D eigenvalue weighted by Gasteiger charge is 2.29. The Morgan fingerprint density at radius 2 is 0.667 bits per heavy atom. The Morgan fingerprint density at radius 1 is 0.310 bits per heavy atom. The SMILES string of the molecule is O=c1c2cc(Oc3ccccc3)c3c4ccccc4oc4c(Oc5ccc(-c6ccc(Oc7cc8c9c(cc(Oc%10ccccc%10)c%10oc%11ccccc%11c7c%109)c(=O)n7c9ccccc9nc87)cc6)cc5)cc(c2c43)c2nc3ccccc3n12. The maximum Gasteiger partial charge on any atom is 0.264 e. The summed E-state index contributed by atoms with van der Waals surface area (Å²) in [7, 11) is 0. The molecule has 12 nitrogen and oxygen atoms in total. The van der Waals surface area contributed by atoms with Crippen molar-refractivity contribution in [3.63, 3.8) is 0 Å². The Bertz CT molecular complexity index is 5900. The molecule has 0 amide bonds. The minimum Gasteiger partial charge on any atom is -0.457 e. The van der Waals surface area contributed by atoms with E-state index in [0.29, 0.717) is 134 Å². The van der Waals surface area contributed by atoms with Crippen molar-refractivity contribution >= 4 is 120 Å². The molecule has 0 aliphatic heterocycles. The second-order valence-electron chi connectivity index (χ2n) is 21.0. The van der Waals surface area contributed by atoms with Crippen LogP contribution in [0.2, 0.25) is 0 Å². The van der Waals surface area contributed by atoms with E-state index in [4.69, 9.17) is 37.7 Å². The Labute approximate surface area is 473 Å². The summed E-state index contributed by atoms with van der Waals surface area (Å²) in [5, 5.41) is 8.40. The maximum atomic E-state index is 14.8. The van der Waals surface area contributed by atoms with Gasteiger partial charge in [0.1, 0.15) is 57.0 Å². The number of hydrogen-bond acceptors (Lipinski definition) is 10. The number of pyridine rings is 2. The van der Waals surface area contributed by atoms with Crippen LogP contribution in [-0.2, 0) is 0 Å². The summed E-state index contributed by atoms with van der Waals surface area (Å²) in [6, 6.07) is 73.5. The van der Waals surface area contributed by atoms with Gasteiger partial charge >= 0.3 is 0 Å². The first-order chi connectivity index (χ1) is 41.5. The molecule has 0 saturated heterocycles. The predicted molar refractivity (Wildman–Crippen MR) is 330 cm³/mol. The molecular formula is C72H38N4O8. The molecule has 84 heavy (non-hydrogen) atoms. The first kappa shape index (κ1) is 46.0. The summed E-state index contributed by atoms with van der Waals surface area (Å²) in [5.41, 5.74) is 7.48. The highest BCUT2D eigenvalue weighted by atomic mass is 16.5. The van der Waals surface area contributed by atoms with Crippen LogP contribution in [0.1, 0.15) is 0 Å². The number of nitrogens with zero attached hydrogens (tertiary/aromatic N) is 4. The highest BCUT2D eigenvalue weighted by Crippen LogP contribution is 2.51. The van der Waals surface area contributed by atoms with Gasteiger partial charge in [-0.2, -0.15) is 0 Å². The molecule has 0 N–H and O–H groups in total. The molecule has 0 aliphatic carbocycles. The minimum atomic E-state index is -0.213. The molecule has 394 valence electrons. The third kappa shape index (κ3) is 6.70. The zero-order valence-corrected chi connectivity index (χ0v) is 44.0. The van der Waals surface area contributed by atoms with E-state index < -0.39 is 0 Å². The van der Waals surface area contributed by atoms with Gasteiger partial charge < -0.3 is 27.8 Å². The summed E-state index contributed by atoms with van der Waals surface area (Å²) in [5.74, 6) is 4.30. The Morgan fingerprint density at radius 3 is 1.13 bits per heavy atom. The standard InChI is InChI=1S/C72H38N4O8/c77-71-49-37-58(79-41-15-3-1-4-16-41)64-46-20-8-14-26-56(46)83-67-59(36-48(62(49)66(64)67)70-74-52-22-10-12-24-54(52)76(70)71)82-44-33-29-40(30-34-44)39-27-31-43(32-28-39)80-57-35-47-61-50(72(78)75-53-23-11-9-21-51(53)73-69(47)75)38-60(81-42-17-5-2-6-18-42)68-65(61)63(57)45-19-7-13-25-55(45)84-68/h1-38H. The number of aromatic nitrogens is 4. The molecule has 0 atom stereocenters. The predicted octanol–water partition coefficient (Wildman–Crippen LogP) is 18.1. The van der Waals surface area contributed by atoms with Crippen molar-refractivity contribution in [3.05, 3.63) is 251 Å². The van der Waals surface area contributed by atoms with Crippen molar-refractivity contribution in [2.24, 2.45) is 0 Å². The van der Waals surface area contributed by atoms with Crippen LogP contribution < -0.4 is 30.1 Å². The molecule has 6 aromatic heterocycles. The van der Waals surface area contributed by atoms with Gasteiger partial charge in [-0.15, -0.1) is 0 Å². The van der Waals surface area contributed by atoms with Gasteiger partial charge in [0.15, 0.2) is 22.7 Å². The van der Waals surface area contributed by atoms with Crippen LogP contribution in [0.5, 0.6) is 46.0 Å². The van der Waals surface area contributed by atoms with Gasteiger partial charge in [0.2, 0.25) is 0 Å². The first-order valence-electron chi connectivity index (χ1n) is 27.4. The fraction of sp³-hybridized carbons (Fsp3) is 0. The van der Waals surface area contributed by atoms with Gasteiger partial charge in [0, 0.05) is 53.9 Å². The third-order valence-electron chi connectivity index (χ3n) is 16.2. The zero-order valence-electron chi connectivity index (χ0n) is 44.0. The topological polar surface area (TPSA) is 132 Å². The lowest BCUT2D eigenvalue weighted by atomic mass is 9.95. The summed E-state index contributed by atoms with van der Waals surface area (Å²) in [4.78, 5) is 39.8. The second-order valence-corrected chi connectivity index (χ2v) is 21.0. The molecule has 0 saturated carbocycles. The molecule has 0 unspecified atom stereocenters. The number of rotatable bonds is 9. The average molecular weight is 1090 g/mol. The quantitative estimate of drug-likeness (QED) is 0.102. The smallest absolute Gasteiger partial charge is 0.264 e. The molecule has 0 radical (unpaired) electrons. The summed E-state index contributed by atoms with van der Waals surface area (Å²) >= 11 is 0. The van der Waals surface area contributed by atoms with E-state index in [0.717, 1.165) is 43.4 Å². The molecular weight excluding hydrogens is 1050 g/mol. The molecule has 18 rings (SSSR count). The second kappa shape index (κ2) is 17.4. The van der Waals surface area contributed by atoms with Crippen molar-refractivity contribution in [2.45, 2.75) is 0 Å². The van der Waals surface area contributed by atoms with Crippen LogP contribution >= 0.6 is 0 Å². The Balaban J connectivity index is 0.754. The number of fused-ring (bicyclic) bond motifs is 12. The number of para-hydroxylation sites is 8. The van der Waals surface area contributed by atoms with Gasteiger partial charge in [-0.05, 0) is 120 Å². The minimum absolute atomic E-state index is 0.213. The van der Waals surface area contributed by atoms with Gasteiger partial charge in [0.05, 0.1) is 32.8 Å². The summed E-state index contributed by atoms with van der Waals surface area (Å²) in [6.07, 6.45) is 0. The lowest BCUT2D eigenvalue weighted by Crippen LogP contribution is -2.13. The van der Waals surface area contributed by atoms with E-state index in [9.17, 15) is 9.59 Å². The van der Waals surface area contributed by atoms with Gasteiger partial charge in [-0.1, -0.05) is 121 Å². The van der Waals surface area contributed by atoms with E-state index in [2.05, 4.69) is 0 Å². The van der Waals surface area contributed by atoms with Gasteiger partial charge in [-0.3, -0.25) is 18.4 Å². The summed E-state index contributed by atoms with van der Waals surface area (Å²) in [6.45, 7) is 0. The van der Waals surface area contributed by atoms with Crippen LogP contribution in [0.15, 0.2) is 249 Å². The largest absolute Gasteiger partial charge is 0.457 e. The van der Waals surface area contributed by atoms with Crippen molar-refractivity contribution in [2.75, 3.05) is 0 Å². The monoisotopic (exact) mass is 1090 g/mol. The molecule has 6 heterocycles. The fourth-order valence-electron chi connectivity index (χ4n) is 12.6. The number of benzene rings is 12. The van der Waals surface area contributed by atoms with Gasteiger partial charge in [0.25, 0.3) is 11.1 Å². The van der Waals surface area contributed by atoms with Crippen molar-refractivity contribution in [3.8, 4) is 57.1 Å². The molecule has 12 aromatic carbocycles. The van der Waals surface area contributed by atoms with E-state index >= 15 is 0 Å². The highest BCUT2D eigenvalue weighted by molar-refractivity contribution is 6.33. The molecule has 18 aromatic rings. The average Bonchev–Trinajstić information content (AvgIpc) is 1.25. The number of ether oxygens (including phenoxy) is 4. The van der Waals surface area contributed by atoms with Gasteiger partial charge in [-0.25, -0.2) is 9.97 Å². The normalized spacial score (nSPS) is 12.1. The van der Waals surface area contributed by atoms with Crippen LogP contribution in [0.4, 0.5) is 0 Å². The third-order valence-corrected chi connectivity index (χ3v) is 16.2. The van der Waals surface area contributed by atoms with Crippen LogP contribution in [0.3, 0.4) is 0 Å². The molecule has 0 aliphatic rings. The molecule has 0 fully saturated rings. The van der Waals surface area contributed by atoms with Crippen molar-refractivity contribution < 1.29 is 27.8 Å².